The summed E-state index contributed by atoms with van der Waals surface area (Å²) in [5.74, 6) is -1.07. The molecule has 48 heavy (non-hydrogen) atoms. The lowest BCUT2D eigenvalue weighted by Crippen LogP contribution is -2.45. The average molecular weight is 652 g/mol. The van der Waals surface area contributed by atoms with Gasteiger partial charge in [0.05, 0.1) is 23.0 Å². The highest BCUT2D eigenvalue weighted by Crippen LogP contribution is 2.36. The predicted octanol–water partition coefficient (Wildman–Crippen LogP) is 5.86. The normalized spacial score (nSPS) is 14.6. The second kappa shape index (κ2) is 15.2. The van der Waals surface area contributed by atoms with Crippen LogP contribution in [-0.2, 0) is 20.8 Å². The summed E-state index contributed by atoms with van der Waals surface area (Å²) in [5.41, 5.74) is 10.9. The quantitative estimate of drug-likeness (QED) is 0.185. The van der Waals surface area contributed by atoms with E-state index in [2.05, 4.69) is 5.32 Å². The van der Waals surface area contributed by atoms with Crippen LogP contribution in [0, 0.1) is 35.8 Å². The molecule has 0 aliphatic carbocycles. The van der Waals surface area contributed by atoms with Gasteiger partial charge in [0.2, 0.25) is 12.3 Å². The maximum absolute atomic E-state index is 15.7. The van der Waals surface area contributed by atoms with Crippen LogP contribution >= 0.6 is 0 Å². The Bertz CT molecular complexity index is 1870. The van der Waals surface area contributed by atoms with Crippen LogP contribution in [0.2, 0.25) is 0 Å². The minimum absolute atomic E-state index is 0.0957. The van der Waals surface area contributed by atoms with Crippen LogP contribution in [0.1, 0.15) is 59.5 Å². The second-order valence-corrected chi connectivity index (χ2v) is 12.3. The number of nitrogens with one attached hydrogen (secondary N) is 1. The molecule has 0 aromatic heterocycles. The number of likely N-dealkylation sites (N-methyl/N-ethyl adjacent to an activating group) is 1. The SMILES string of the molecule is CNC(=O)C(CCC=O)N(C=O)c1ccc(Cc2ccc(C(N)C3CCN(c4ccc(C#N)cc4F)CC3)cc2F)c2cccc(C)c12. The van der Waals surface area contributed by atoms with Crippen molar-refractivity contribution in [1.29, 1.82) is 5.26 Å². The molecule has 248 valence electrons. The molecule has 4 aromatic rings. The van der Waals surface area contributed by atoms with Crippen LogP contribution in [0.25, 0.3) is 10.8 Å². The van der Waals surface area contributed by atoms with E-state index in [0.29, 0.717) is 48.4 Å². The number of halogens is 2. The summed E-state index contributed by atoms with van der Waals surface area (Å²) in [7, 11) is 1.49. The molecule has 0 spiro atoms. The van der Waals surface area contributed by atoms with Crippen LogP contribution in [0.15, 0.2) is 66.7 Å². The monoisotopic (exact) mass is 651 g/mol. The fraction of sp³-hybridized carbons (Fsp3) is 0.316. The van der Waals surface area contributed by atoms with Crippen molar-refractivity contribution < 1.29 is 23.2 Å². The van der Waals surface area contributed by atoms with Gasteiger partial charge in [0.15, 0.2) is 0 Å². The number of aldehydes is 1. The van der Waals surface area contributed by atoms with Crippen molar-refractivity contribution in [2.45, 2.75) is 51.1 Å². The molecule has 8 nitrogen and oxygen atoms in total. The van der Waals surface area contributed by atoms with Crippen molar-refractivity contribution in [3.05, 3.63) is 106 Å². The number of hydrogen-bond donors (Lipinski definition) is 2. The first-order chi connectivity index (χ1) is 23.2. The first-order valence-electron chi connectivity index (χ1n) is 16.1. The van der Waals surface area contributed by atoms with E-state index in [4.69, 9.17) is 11.0 Å². The minimum atomic E-state index is -0.870. The van der Waals surface area contributed by atoms with Crippen molar-refractivity contribution in [2.24, 2.45) is 11.7 Å². The Kier molecular flexibility index (Phi) is 10.8. The number of aryl methyl sites for hydroxylation is 1. The predicted molar refractivity (Wildman–Crippen MR) is 183 cm³/mol. The molecule has 1 aliphatic rings. The second-order valence-electron chi connectivity index (χ2n) is 12.3. The van der Waals surface area contributed by atoms with Gasteiger partial charge in [-0.1, -0.05) is 36.4 Å². The summed E-state index contributed by atoms with van der Waals surface area (Å²) in [5, 5.41) is 13.2. The summed E-state index contributed by atoms with van der Waals surface area (Å²) >= 11 is 0. The van der Waals surface area contributed by atoms with Crippen molar-refractivity contribution in [2.75, 3.05) is 29.9 Å². The summed E-state index contributed by atoms with van der Waals surface area (Å²) in [6, 6.07) is 19.7. The van der Waals surface area contributed by atoms with Gasteiger partial charge in [-0.3, -0.25) is 9.59 Å². The van der Waals surface area contributed by atoms with Crippen LogP contribution in [-0.4, -0.2) is 44.8 Å². The topological polar surface area (TPSA) is 120 Å². The van der Waals surface area contributed by atoms with E-state index in [1.54, 1.807) is 24.3 Å². The Morgan fingerprint density at radius 3 is 2.46 bits per heavy atom. The minimum Gasteiger partial charge on any atom is -0.369 e. The van der Waals surface area contributed by atoms with Gasteiger partial charge in [0.1, 0.15) is 24.0 Å². The van der Waals surface area contributed by atoms with Crippen molar-refractivity contribution in [3.8, 4) is 6.07 Å². The molecule has 2 amide bonds. The van der Waals surface area contributed by atoms with E-state index in [-0.39, 0.29) is 42.1 Å². The van der Waals surface area contributed by atoms with Gasteiger partial charge < -0.3 is 25.6 Å². The average Bonchev–Trinajstić information content (AvgIpc) is 3.10. The van der Waals surface area contributed by atoms with Crippen LogP contribution in [0.3, 0.4) is 0 Å². The Labute approximate surface area is 279 Å². The van der Waals surface area contributed by atoms with Crippen molar-refractivity contribution in [1.82, 2.24) is 5.32 Å². The fourth-order valence-electron chi connectivity index (χ4n) is 6.81. The van der Waals surface area contributed by atoms with Gasteiger partial charge in [-0.25, -0.2) is 8.78 Å². The molecule has 3 N–H and O–H groups in total. The Balaban J connectivity index is 1.35. The third kappa shape index (κ3) is 7.06. The summed E-state index contributed by atoms with van der Waals surface area (Å²) in [6.45, 7) is 3.13. The van der Waals surface area contributed by atoms with Gasteiger partial charge in [-0.05, 0) is 90.1 Å². The number of nitriles is 1. The molecule has 0 saturated carbocycles. The molecular formula is C38H39F2N5O3. The number of benzene rings is 4. The highest BCUT2D eigenvalue weighted by atomic mass is 19.1. The highest BCUT2D eigenvalue weighted by molar-refractivity contribution is 6.05. The number of carbonyl (C=O) groups excluding carboxylic acids is 3. The van der Waals surface area contributed by atoms with E-state index in [1.807, 2.05) is 48.2 Å². The molecule has 2 atom stereocenters. The fourth-order valence-corrected chi connectivity index (χ4v) is 6.81. The molecule has 1 heterocycles. The third-order valence-electron chi connectivity index (χ3n) is 9.46. The number of fused-ring (bicyclic) bond motifs is 1. The standard InChI is InChI=1S/C38H39F2N5O3/c1-24-5-3-6-30-27(11-13-34(36(24)30)45(23-47)35(7-4-18-46)38(48)43-2)20-28-9-10-29(21-31(28)39)37(42)26-14-16-44(17-15-26)33-12-8-25(22-41)19-32(33)40/h3,5-6,8-13,18-19,21,23,26,35,37H,4,7,14-17,20,42H2,1-2H3,(H,43,48). The van der Waals surface area contributed by atoms with Gasteiger partial charge in [0.25, 0.3) is 0 Å². The van der Waals surface area contributed by atoms with Crippen molar-refractivity contribution in [3.63, 3.8) is 0 Å². The number of hydrogen-bond acceptors (Lipinski definition) is 6. The summed E-state index contributed by atoms with van der Waals surface area (Å²) < 4.78 is 30.3. The molecule has 0 radical (unpaired) electrons. The molecule has 2 unspecified atom stereocenters. The number of anilines is 2. The lowest BCUT2D eigenvalue weighted by molar-refractivity contribution is -0.123. The lowest BCUT2D eigenvalue weighted by atomic mass is 9.85. The zero-order valence-electron chi connectivity index (χ0n) is 27.1. The van der Waals surface area contributed by atoms with Crippen LogP contribution < -0.4 is 20.9 Å². The van der Waals surface area contributed by atoms with Crippen LogP contribution in [0.4, 0.5) is 20.2 Å². The number of nitrogens with zero attached hydrogens (tertiary/aromatic N) is 3. The molecule has 1 aliphatic heterocycles. The lowest BCUT2D eigenvalue weighted by Gasteiger charge is -2.36. The largest absolute Gasteiger partial charge is 0.369 e. The molecular weight excluding hydrogens is 612 g/mol. The van der Waals surface area contributed by atoms with Crippen molar-refractivity contribution >= 4 is 40.8 Å². The summed E-state index contributed by atoms with van der Waals surface area (Å²) in [4.78, 5) is 39.6. The molecule has 1 fully saturated rings. The molecule has 5 rings (SSSR count). The van der Waals surface area contributed by atoms with E-state index in [1.165, 1.54) is 24.1 Å². The number of piperidine rings is 1. The van der Waals surface area contributed by atoms with Gasteiger partial charge in [0, 0.05) is 44.4 Å². The highest BCUT2D eigenvalue weighted by Gasteiger charge is 2.29. The first kappa shape index (κ1) is 34.2. The first-order valence-corrected chi connectivity index (χ1v) is 16.1. The van der Waals surface area contributed by atoms with Gasteiger partial charge in [-0.2, -0.15) is 5.26 Å². The van der Waals surface area contributed by atoms with E-state index in [9.17, 15) is 18.8 Å². The van der Waals surface area contributed by atoms with E-state index in [0.717, 1.165) is 41.0 Å². The third-order valence-corrected chi connectivity index (χ3v) is 9.46. The Morgan fingerprint density at radius 2 is 1.81 bits per heavy atom. The molecule has 1 saturated heterocycles. The molecule has 4 aromatic carbocycles. The van der Waals surface area contributed by atoms with Gasteiger partial charge in [-0.15, -0.1) is 0 Å². The Hall–Kier alpha value is -5.14. The smallest absolute Gasteiger partial charge is 0.242 e. The van der Waals surface area contributed by atoms with E-state index >= 15 is 4.39 Å². The molecule has 0 bridgehead atoms. The van der Waals surface area contributed by atoms with Crippen LogP contribution in [0.5, 0.6) is 0 Å². The van der Waals surface area contributed by atoms with E-state index < -0.39 is 11.9 Å². The zero-order chi connectivity index (χ0) is 34.4. The molecule has 10 heteroatoms. The number of rotatable bonds is 12. The number of carbonyl (C=O) groups is 3. The maximum atomic E-state index is 15.7. The van der Waals surface area contributed by atoms with Gasteiger partial charge >= 0.3 is 0 Å². The Morgan fingerprint density at radius 1 is 1.06 bits per heavy atom. The summed E-state index contributed by atoms with van der Waals surface area (Å²) in [6.07, 6.45) is 3.36. The maximum Gasteiger partial charge on any atom is 0.242 e. The number of nitrogens with two attached hydrogens (primary N) is 1. The zero-order valence-corrected chi connectivity index (χ0v) is 27.1. The number of amides is 2.